The lowest BCUT2D eigenvalue weighted by Gasteiger charge is -2.33. The van der Waals surface area contributed by atoms with E-state index in [-0.39, 0.29) is 5.41 Å². The molecule has 0 radical (unpaired) electrons. The fraction of sp³-hybridized carbons (Fsp3) is 0.381. The van der Waals surface area contributed by atoms with E-state index in [0.29, 0.717) is 12.4 Å². The highest BCUT2D eigenvalue weighted by molar-refractivity contribution is 6.03. The van der Waals surface area contributed by atoms with Crippen molar-refractivity contribution in [1.82, 2.24) is 0 Å². The largest absolute Gasteiger partial charge is 0.489 e. The lowest BCUT2D eigenvalue weighted by molar-refractivity contribution is 0.0763. The molecule has 1 saturated carbocycles. The molecule has 2 nitrogen and oxygen atoms in total. The number of carbonyl (C=O) groups excluding carboxylic acids is 1. The van der Waals surface area contributed by atoms with Crippen molar-refractivity contribution in [2.24, 2.45) is 5.41 Å². The summed E-state index contributed by atoms with van der Waals surface area (Å²) in [5.74, 6) is 1.24. The second-order valence-electron chi connectivity index (χ2n) is 6.87. The van der Waals surface area contributed by atoms with E-state index in [2.05, 4.69) is 12.1 Å². The van der Waals surface area contributed by atoms with Crippen LogP contribution in [0.3, 0.4) is 0 Å². The van der Waals surface area contributed by atoms with Gasteiger partial charge in [0.25, 0.3) is 0 Å². The average Bonchev–Trinajstić information content (AvgIpc) is 3.07. The number of carbonyl (C=O) groups is 1. The third kappa shape index (κ3) is 2.56. The van der Waals surface area contributed by atoms with E-state index in [4.69, 9.17) is 4.74 Å². The fourth-order valence-electron chi connectivity index (χ4n) is 4.20. The number of benzene rings is 2. The molecule has 2 aliphatic rings. The first-order valence-electron chi connectivity index (χ1n) is 8.62. The Hall–Kier alpha value is -2.09. The van der Waals surface area contributed by atoms with Crippen LogP contribution in [0.2, 0.25) is 0 Å². The maximum absolute atomic E-state index is 13.0. The van der Waals surface area contributed by atoms with Crippen LogP contribution in [0.1, 0.15) is 53.6 Å². The summed E-state index contributed by atoms with van der Waals surface area (Å²) in [6.07, 6.45) is 6.49. The number of fused-ring (bicyclic) bond motifs is 1. The van der Waals surface area contributed by atoms with E-state index in [9.17, 15) is 4.79 Å². The van der Waals surface area contributed by atoms with Gasteiger partial charge < -0.3 is 4.74 Å². The SMILES string of the molecule is O=C1c2cccc(OCc3ccccc3)c2CCC12CCCC2. The molecule has 2 aromatic carbocycles. The van der Waals surface area contributed by atoms with Gasteiger partial charge in [0.2, 0.25) is 0 Å². The van der Waals surface area contributed by atoms with Crippen LogP contribution in [0.25, 0.3) is 0 Å². The van der Waals surface area contributed by atoms with Gasteiger partial charge in [-0.15, -0.1) is 0 Å². The van der Waals surface area contributed by atoms with Crippen molar-refractivity contribution < 1.29 is 9.53 Å². The Kier molecular flexibility index (Phi) is 3.68. The minimum atomic E-state index is -0.0644. The number of hydrogen-bond acceptors (Lipinski definition) is 2. The first-order valence-corrected chi connectivity index (χ1v) is 8.62. The van der Waals surface area contributed by atoms with Gasteiger partial charge in [0.05, 0.1) is 0 Å². The average molecular weight is 306 g/mol. The van der Waals surface area contributed by atoms with Gasteiger partial charge in [-0.3, -0.25) is 4.79 Å². The van der Waals surface area contributed by atoms with E-state index in [1.165, 1.54) is 12.8 Å². The summed E-state index contributed by atoms with van der Waals surface area (Å²) in [5, 5.41) is 0. The van der Waals surface area contributed by atoms with Crippen molar-refractivity contribution in [2.75, 3.05) is 0 Å². The molecule has 0 amide bonds. The van der Waals surface area contributed by atoms with Gasteiger partial charge in [0, 0.05) is 16.5 Å². The zero-order valence-electron chi connectivity index (χ0n) is 13.4. The Bertz CT molecular complexity index is 712. The maximum Gasteiger partial charge on any atom is 0.169 e. The Morgan fingerprint density at radius 3 is 2.48 bits per heavy atom. The highest BCUT2D eigenvalue weighted by Gasteiger charge is 2.44. The zero-order valence-corrected chi connectivity index (χ0v) is 13.4. The van der Waals surface area contributed by atoms with Crippen LogP contribution in [0.4, 0.5) is 0 Å². The molecule has 2 aromatic rings. The van der Waals surface area contributed by atoms with Crippen LogP contribution < -0.4 is 4.74 Å². The van der Waals surface area contributed by atoms with Crippen LogP contribution in [-0.2, 0) is 13.0 Å². The molecule has 0 atom stereocenters. The first kappa shape index (κ1) is 14.5. The lowest BCUT2D eigenvalue weighted by Crippen LogP contribution is -2.33. The van der Waals surface area contributed by atoms with Gasteiger partial charge in [0.1, 0.15) is 12.4 Å². The van der Waals surface area contributed by atoms with Crippen molar-refractivity contribution in [3.63, 3.8) is 0 Å². The summed E-state index contributed by atoms with van der Waals surface area (Å²) in [7, 11) is 0. The minimum Gasteiger partial charge on any atom is -0.489 e. The second kappa shape index (κ2) is 5.84. The molecule has 0 aliphatic heterocycles. The van der Waals surface area contributed by atoms with Crippen LogP contribution in [0.15, 0.2) is 48.5 Å². The summed E-state index contributed by atoms with van der Waals surface area (Å²) in [5.41, 5.74) is 3.11. The van der Waals surface area contributed by atoms with Crippen LogP contribution in [-0.4, -0.2) is 5.78 Å². The van der Waals surface area contributed by atoms with E-state index in [1.807, 2.05) is 36.4 Å². The fourth-order valence-corrected chi connectivity index (χ4v) is 4.20. The molecule has 0 saturated heterocycles. The zero-order chi connectivity index (χ0) is 15.7. The van der Waals surface area contributed by atoms with Gasteiger partial charge in [-0.2, -0.15) is 0 Å². The lowest BCUT2D eigenvalue weighted by atomic mass is 9.69. The molecule has 2 heteroatoms. The summed E-state index contributed by atoms with van der Waals surface area (Å²) >= 11 is 0. The maximum atomic E-state index is 13.0. The smallest absolute Gasteiger partial charge is 0.169 e. The number of hydrogen-bond donors (Lipinski definition) is 0. The number of rotatable bonds is 3. The predicted octanol–water partition coefficient (Wildman–Crippen LogP) is 4.95. The quantitative estimate of drug-likeness (QED) is 0.801. The highest BCUT2D eigenvalue weighted by Crippen LogP contribution is 2.48. The second-order valence-corrected chi connectivity index (χ2v) is 6.87. The molecule has 0 bridgehead atoms. The minimum absolute atomic E-state index is 0.0644. The summed E-state index contributed by atoms with van der Waals surface area (Å²) in [6.45, 7) is 0.552. The Morgan fingerprint density at radius 2 is 1.70 bits per heavy atom. The van der Waals surface area contributed by atoms with Crippen molar-refractivity contribution >= 4 is 5.78 Å². The molecule has 1 spiro atoms. The standard InChI is InChI=1S/C21H22O2/c22-20-18-9-6-10-19(23-15-16-7-2-1-3-8-16)17(18)11-14-21(20)12-4-5-13-21/h1-3,6-10H,4-5,11-15H2. The Balaban J connectivity index is 1.59. The van der Waals surface area contributed by atoms with Crippen LogP contribution >= 0.6 is 0 Å². The van der Waals surface area contributed by atoms with E-state index in [0.717, 1.165) is 48.1 Å². The molecule has 118 valence electrons. The molecule has 4 rings (SSSR count). The molecule has 0 unspecified atom stereocenters. The molecular weight excluding hydrogens is 284 g/mol. The number of ether oxygens (including phenoxy) is 1. The molecular formula is C21H22O2. The number of ketones is 1. The molecule has 0 N–H and O–H groups in total. The monoisotopic (exact) mass is 306 g/mol. The molecule has 0 heterocycles. The third-order valence-corrected chi connectivity index (χ3v) is 5.51. The summed E-state index contributed by atoms with van der Waals surface area (Å²) in [4.78, 5) is 13.0. The van der Waals surface area contributed by atoms with Gasteiger partial charge in [0.15, 0.2) is 5.78 Å². The van der Waals surface area contributed by atoms with E-state index in [1.54, 1.807) is 0 Å². The van der Waals surface area contributed by atoms with Crippen molar-refractivity contribution in [3.05, 3.63) is 65.2 Å². The topological polar surface area (TPSA) is 26.3 Å². The molecule has 2 aliphatic carbocycles. The van der Waals surface area contributed by atoms with E-state index >= 15 is 0 Å². The summed E-state index contributed by atoms with van der Waals surface area (Å²) < 4.78 is 6.04. The van der Waals surface area contributed by atoms with Gasteiger partial charge in [-0.25, -0.2) is 0 Å². The van der Waals surface area contributed by atoms with Crippen molar-refractivity contribution in [1.29, 1.82) is 0 Å². The molecule has 23 heavy (non-hydrogen) atoms. The first-order chi connectivity index (χ1) is 11.3. The molecule has 1 fully saturated rings. The number of Topliss-reactive ketones (excluding diaryl/α,β-unsaturated/α-hetero) is 1. The molecule has 0 aromatic heterocycles. The highest BCUT2D eigenvalue weighted by atomic mass is 16.5. The third-order valence-electron chi connectivity index (χ3n) is 5.51. The Labute approximate surface area is 137 Å². The normalized spacial score (nSPS) is 18.9. The predicted molar refractivity (Wildman–Crippen MR) is 90.8 cm³/mol. The Morgan fingerprint density at radius 1 is 0.913 bits per heavy atom. The van der Waals surface area contributed by atoms with Crippen LogP contribution in [0.5, 0.6) is 5.75 Å². The van der Waals surface area contributed by atoms with Crippen LogP contribution in [0, 0.1) is 5.41 Å². The van der Waals surface area contributed by atoms with Gasteiger partial charge >= 0.3 is 0 Å². The van der Waals surface area contributed by atoms with Gasteiger partial charge in [-0.1, -0.05) is 55.3 Å². The van der Waals surface area contributed by atoms with Crippen molar-refractivity contribution in [3.8, 4) is 5.75 Å². The van der Waals surface area contributed by atoms with E-state index < -0.39 is 0 Å². The summed E-state index contributed by atoms with van der Waals surface area (Å²) in [6, 6.07) is 16.1. The van der Waals surface area contributed by atoms with Gasteiger partial charge in [-0.05, 0) is 37.3 Å². The van der Waals surface area contributed by atoms with Crippen molar-refractivity contribution in [2.45, 2.75) is 45.1 Å².